The number of methoxy groups -OCH3 is 2. The molecule has 3 aromatic rings. The van der Waals surface area contributed by atoms with Crippen LogP contribution in [0.25, 0.3) is 10.6 Å². The molecule has 1 aliphatic rings. The van der Waals surface area contributed by atoms with Crippen molar-refractivity contribution in [1.29, 1.82) is 0 Å². The molecule has 162 valence electrons. The number of nitrogens with zero attached hydrogens (tertiary/aromatic N) is 2. The van der Waals surface area contributed by atoms with Crippen molar-refractivity contribution in [3.8, 4) is 22.1 Å². The van der Waals surface area contributed by atoms with Crippen LogP contribution in [0.2, 0.25) is 0 Å². The first kappa shape index (κ1) is 21.3. The molecule has 0 bridgehead atoms. The first-order valence-corrected chi connectivity index (χ1v) is 11.3. The van der Waals surface area contributed by atoms with Crippen molar-refractivity contribution in [2.75, 3.05) is 27.3 Å². The second-order valence-electron chi connectivity index (χ2n) is 7.54. The highest BCUT2D eigenvalue weighted by molar-refractivity contribution is 7.13. The highest BCUT2D eigenvalue weighted by atomic mass is 32.1. The summed E-state index contributed by atoms with van der Waals surface area (Å²) in [7, 11) is 3.20. The van der Waals surface area contributed by atoms with Crippen molar-refractivity contribution in [3.05, 3.63) is 64.7 Å². The average molecular weight is 438 g/mol. The van der Waals surface area contributed by atoms with Gasteiger partial charge in [0.15, 0.2) is 11.5 Å². The Bertz CT molecular complexity index is 1040. The Balaban J connectivity index is 1.42. The largest absolute Gasteiger partial charge is 0.493 e. The summed E-state index contributed by atoms with van der Waals surface area (Å²) < 4.78 is 10.7. The number of amides is 1. The third-order valence-corrected chi connectivity index (χ3v) is 6.41. The lowest BCUT2D eigenvalue weighted by atomic mass is 10.1. The molecular formula is C24H27N3O3S. The fourth-order valence-corrected chi connectivity index (χ4v) is 4.61. The average Bonchev–Trinajstić information content (AvgIpc) is 3.50. The first-order valence-electron chi connectivity index (χ1n) is 10.4. The lowest BCUT2D eigenvalue weighted by Crippen LogP contribution is -2.25. The van der Waals surface area contributed by atoms with E-state index in [2.05, 4.69) is 33.4 Å². The van der Waals surface area contributed by atoms with Crippen LogP contribution in [0.15, 0.2) is 47.8 Å². The van der Waals surface area contributed by atoms with Gasteiger partial charge in [-0.1, -0.05) is 24.3 Å². The topological polar surface area (TPSA) is 63.7 Å². The van der Waals surface area contributed by atoms with Crippen molar-refractivity contribution in [2.45, 2.75) is 25.9 Å². The second kappa shape index (κ2) is 9.94. The number of hydrogen-bond acceptors (Lipinski definition) is 6. The molecular weight excluding hydrogens is 410 g/mol. The maximum Gasteiger partial charge on any atom is 0.271 e. The summed E-state index contributed by atoms with van der Waals surface area (Å²) in [6.07, 6.45) is 2.54. The van der Waals surface area contributed by atoms with E-state index in [4.69, 9.17) is 9.47 Å². The van der Waals surface area contributed by atoms with E-state index in [1.807, 2.05) is 24.3 Å². The van der Waals surface area contributed by atoms with Crippen LogP contribution in [0.4, 0.5) is 0 Å². The minimum Gasteiger partial charge on any atom is -0.493 e. The predicted molar refractivity (Wildman–Crippen MR) is 123 cm³/mol. The molecule has 31 heavy (non-hydrogen) atoms. The molecule has 0 spiro atoms. The van der Waals surface area contributed by atoms with E-state index in [1.54, 1.807) is 19.6 Å². The molecule has 0 aliphatic carbocycles. The molecule has 1 aliphatic heterocycles. The van der Waals surface area contributed by atoms with Crippen LogP contribution in [0.1, 0.15) is 34.5 Å². The smallest absolute Gasteiger partial charge is 0.271 e. The Labute approximate surface area is 186 Å². The predicted octanol–water partition coefficient (Wildman–Crippen LogP) is 4.35. The van der Waals surface area contributed by atoms with Crippen LogP contribution in [-0.4, -0.2) is 43.1 Å². The number of nitrogens with one attached hydrogen (secondary N) is 1. The fourth-order valence-electron chi connectivity index (χ4n) is 3.81. The van der Waals surface area contributed by atoms with Crippen molar-refractivity contribution >= 4 is 17.2 Å². The molecule has 1 amide bonds. The SMILES string of the molecule is COc1ccc(-c2nc(C(=O)NCc3ccccc3CN3CCCC3)cs2)cc1OC. The number of aromatic nitrogens is 1. The number of hydrogen-bond donors (Lipinski definition) is 1. The van der Waals surface area contributed by atoms with Gasteiger partial charge in [0, 0.05) is 24.0 Å². The van der Waals surface area contributed by atoms with Gasteiger partial charge in [0.05, 0.1) is 14.2 Å². The lowest BCUT2D eigenvalue weighted by molar-refractivity contribution is 0.0946. The Morgan fingerprint density at radius 2 is 1.81 bits per heavy atom. The molecule has 2 aromatic carbocycles. The maximum atomic E-state index is 12.7. The minimum absolute atomic E-state index is 0.168. The Kier molecular flexibility index (Phi) is 6.84. The molecule has 2 heterocycles. The molecule has 0 unspecified atom stereocenters. The van der Waals surface area contributed by atoms with Crippen LogP contribution in [0, 0.1) is 0 Å². The van der Waals surface area contributed by atoms with E-state index in [9.17, 15) is 4.79 Å². The quantitative estimate of drug-likeness (QED) is 0.568. The third kappa shape index (κ3) is 5.06. The normalized spacial score (nSPS) is 13.9. The van der Waals surface area contributed by atoms with Crippen LogP contribution in [0.5, 0.6) is 11.5 Å². The highest BCUT2D eigenvalue weighted by Crippen LogP contribution is 2.33. The summed E-state index contributed by atoms with van der Waals surface area (Å²) in [5.41, 5.74) is 3.73. The van der Waals surface area contributed by atoms with Crippen LogP contribution >= 0.6 is 11.3 Å². The van der Waals surface area contributed by atoms with E-state index in [0.717, 1.165) is 35.8 Å². The van der Waals surface area contributed by atoms with Gasteiger partial charge in [-0.25, -0.2) is 4.98 Å². The first-order chi connectivity index (χ1) is 15.2. The van der Waals surface area contributed by atoms with Crippen LogP contribution in [0.3, 0.4) is 0 Å². The number of benzene rings is 2. The van der Waals surface area contributed by atoms with Gasteiger partial charge in [0.25, 0.3) is 5.91 Å². The van der Waals surface area contributed by atoms with Gasteiger partial charge in [0.2, 0.25) is 0 Å². The molecule has 1 saturated heterocycles. The molecule has 0 atom stereocenters. The third-order valence-electron chi connectivity index (χ3n) is 5.52. The van der Waals surface area contributed by atoms with E-state index >= 15 is 0 Å². The number of ether oxygens (including phenoxy) is 2. The molecule has 1 N–H and O–H groups in total. The molecule has 1 fully saturated rings. The van der Waals surface area contributed by atoms with Gasteiger partial charge in [-0.2, -0.15) is 0 Å². The fraction of sp³-hybridized carbons (Fsp3) is 0.333. The molecule has 6 nitrogen and oxygen atoms in total. The van der Waals surface area contributed by atoms with Crippen LogP contribution < -0.4 is 14.8 Å². The van der Waals surface area contributed by atoms with Gasteiger partial charge in [-0.15, -0.1) is 11.3 Å². The summed E-state index contributed by atoms with van der Waals surface area (Å²) in [6, 6.07) is 13.9. The summed E-state index contributed by atoms with van der Waals surface area (Å²) in [5, 5.41) is 5.58. The maximum absolute atomic E-state index is 12.7. The van der Waals surface area contributed by atoms with E-state index in [1.165, 1.54) is 29.7 Å². The number of carbonyl (C=O) groups excluding carboxylic acids is 1. The molecule has 0 saturated carbocycles. The zero-order valence-electron chi connectivity index (χ0n) is 17.9. The van der Waals surface area contributed by atoms with Gasteiger partial charge in [0.1, 0.15) is 10.7 Å². The molecule has 1 aromatic heterocycles. The summed E-state index contributed by atoms with van der Waals surface area (Å²) in [4.78, 5) is 19.7. The van der Waals surface area contributed by atoms with Crippen molar-refractivity contribution in [3.63, 3.8) is 0 Å². The van der Waals surface area contributed by atoms with E-state index in [0.29, 0.717) is 23.7 Å². The lowest BCUT2D eigenvalue weighted by Gasteiger charge is -2.17. The van der Waals surface area contributed by atoms with Gasteiger partial charge < -0.3 is 14.8 Å². The number of thiazole rings is 1. The Hall–Kier alpha value is -2.90. The van der Waals surface area contributed by atoms with Gasteiger partial charge >= 0.3 is 0 Å². The van der Waals surface area contributed by atoms with Crippen molar-refractivity contribution in [2.24, 2.45) is 0 Å². The Morgan fingerprint density at radius 3 is 2.55 bits per heavy atom. The summed E-state index contributed by atoms with van der Waals surface area (Å²) >= 11 is 1.43. The van der Waals surface area contributed by atoms with Gasteiger partial charge in [-0.3, -0.25) is 9.69 Å². The number of carbonyl (C=O) groups is 1. The zero-order valence-corrected chi connectivity index (χ0v) is 18.7. The number of rotatable bonds is 8. The monoisotopic (exact) mass is 437 g/mol. The minimum atomic E-state index is -0.168. The summed E-state index contributed by atoms with van der Waals surface area (Å²) in [5.74, 6) is 1.13. The van der Waals surface area contributed by atoms with Crippen molar-refractivity contribution in [1.82, 2.24) is 15.2 Å². The second-order valence-corrected chi connectivity index (χ2v) is 8.40. The summed E-state index contributed by atoms with van der Waals surface area (Å²) in [6.45, 7) is 3.73. The van der Waals surface area contributed by atoms with Crippen molar-refractivity contribution < 1.29 is 14.3 Å². The van der Waals surface area contributed by atoms with Crippen LogP contribution in [-0.2, 0) is 13.1 Å². The van der Waals surface area contributed by atoms with E-state index < -0.39 is 0 Å². The molecule has 4 rings (SSSR count). The number of likely N-dealkylation sites (tertiary alicyclic amines) is 1. The highest BCUT2D eigenvalue weighted by Gasteiger charge is 2.16. The van der Waals surface area contributed by atoms with Gasteiger partial charge in [-0.05, 0) is 55.3 Å². The standard InChI is InChI=1S/C24H27N3O3S/c1-29-21-10-9-17(13-22(21)30-2)24-26-20(16-31-24)23(28)25-14-18-7-3-4-8-19(18)15-27-11-5-6-12-27/h3-4,7-10,13,16H,5-6,11-12,14-15H2,1-2H3,(H,25,28). The molecule has 7 heteroatoms. The molecule has 0 radical (unpaired) electrons. The Morgan fingerprint density at radius 1 is 1.06 bits per heavy atom. The zero-order chi connectivity index (χ0) is 21.6. The van der Waals surface area contributed by atoms with E-state index in [-0.39, 0.29) is 5.91 Å².